The molecule has 7 heteroatoms. The Balaban J connectivity index is 1.66. The number of esters is 1. The Labute approximate surface area is 219 Å². The lowest BCUT2D eigenvalue weighted by atomic mass is 9.75. The molecule has 1 aliphatic carbocycles. The van der Waals surface area contributed by atoms with E-state index < -0.39 is 24.2 Å². The molecule has 37 heavy (non-hydrogen) atoms. The fourth-order valence-corrected chi connectivity index (χ4v) is 5.92. The minimum atomic E-state index is -1.03. The van der Waals surface area contributed by atoms with Crippen LogP contribution in [0.1, 0.15) is 57.3 Å². The summed E-state index contributed by atoms with van der Waals surface area (Å²) in [6, 6.07) is 12.0. The molecular weight excluding hydrogens is 472 g/mol. The van der Waals surface area contributed by atoms with Gasteiger partial charge in [0, 0.05) is 0 Å². The van der Waals surface area contributed by atoms with E-state index in [2.05, 4.69) is 20.8 Å². The van der Waals surface area contributed by atoms with Gasteiger partial charge in [-0.2, -0.15) is 0 Å². The molecule has 1 saturated heterocycles. The molecule has 4 rings (SSSR count). The molecule has 0 bridgehead atoms. The molecule has 2 fully saturated rings. The van der Waals surface area contributed by atoms with Crippen molar-refractivity contribution < 1.29 is 34.0 Å². The van der Waals surface area contributed by atoms with Gasteiger partial charge in [0.1, 0.15) is 5.75 Å². The van der Waals surface area contributed by atoms with Crippen molar-refractivity contribution >= 4 is 5.97 Å². The zero-order valence-corrected chi connectivity index (χ0v) is 22.4. The summed E-state index contributed by atoms with van der Waals surface area (Å²) in [5.41, 5.74) is 1.47. The van der Waals surface area contributed by atoms with E-state index in [9.17, 15) is 15.0 Å². The maximum Gasteiger partial charge on any atom is 0.312 e. The highest BCUT2D eigenvalue weighted by molar-refractivity contribution is 5.75. The number of carbonyl (C=O) groups excluding carboxylic acids is 1. The van der Waals surface area contributed by atoms with E-state index in [1.54, 1.807) is 56.7 Å². The second-order valence-corrected chi connectivity index (χ2v) is 10.9. The lowest BCUT2D eigenvalue weighted by molar-refractivity contribution is -0.204. The molecule has 1 saturated carbocycles. The fraction of sp³-hybridized carbons (Fsp3) is 0.567. The Bertz CT molecular complexity index is 1050. The second kappa shape index (κ2) is 11.7. The van der Waals surface area contributed by atoms with E-state index in [-0.39, 0.29) is 17.8 Å². The van der Waals surface area contributed by atoms with Gasteiger partial charge in [-0.15, -0.1) is 0 Å². The molecule has 0 aromatic heterocycles. The van der Waals surface area contributed by atoms with Crippen LogP contribution in [-0.4, -0.2) is 42.8 Å². The van der Waals surface area contributed by atoms with Crippen LogP contribution in [0, 0.1) is 29.6 Å². The van der Waals surface area contributed by atoms with E-state index in [1.807, 2.05) is 0 Å². The van der Waals surface area contributed by atoms with Gasteiger partial charge in [-0.25, -0.2) is 0 Å². The average molecular weight is 513 g/mol. The summed E-state index contributed by atoms with van der Waals surface area (Å²) >= 11 is 0. The number of cyclic esters (lactones) is 1. The number of hydrogen-bond acceptors (Lipinski definition) is 7. The number of aliphatic hydroxyl groups is 1. The van der Waals surface area contributed by atoms with Crippen molar-refractivity contribution in [2.75, 3.05) is 14.2 Å². The van der Waals surface area contributed by atoms with Crippen LogP contribution in [0.2, 0.25) is 0 Å². The topological polar surface area (TPSA) is 94.5 Å². The molecule has 2 aromatic carbocycles. The first kappa shape index (κ1) is 27.3. The van der Waals surface area contributed by atoms with Gasteiger partial charge in [0.15, 0.2) is 11.5 Å². The number of phenols is 1. The lowest BCUT2D eigenvalue weighted by Crippen LogP contribution is -2.40. The van der Waals surface area contributed by atoms with E-state index >= 15 is 0 Å². The lowest BCUT2D eigenvalue weighted by Gasteiger charge is -2.39. The molecule has 0 spiro atoms. The molecule has 2 aromatic rings. The van der Waals surface area contributed by atoms with Gasteiger partial charge < -0.3 is 29.2 Å². The maximum atomic E-state index is 13.2. The Morgan fingerprint density at radius 3 is 2.38 bits per heavy atom. The van der Waals surface area contributed by atoms with Crippen LogP contribution in [-0.2, 0) is 20.7 Å². The highest BCUT2D eigenvalue weighted by atomic mass is 16.7. The van der Waals surface area contributed by atoms with Gasteiger partial charge in [0.05, 0.1) is 38.3 Å². The summed E-state index contributed by atoms with van der Waals surface area (Å²) in [4.78, 5) is 13.2. The summed E-state index contributed by atoms with van der Waals surface area (Å²) in [5, 5.41) is 21.4. The molecule has 2 aliphatic rings. The maximum absolute atomic E-state index is 13.2. The van der Waals surface area contributed by atoms with Crippen LogP contribution < -0.4 is 9.47 Å². The summed E-state index contributed by atoms with van der Waals surface area (Å²) in [7, 11) is 3.11. The number of ether oxygens (including phenoxy) is 4. The number of hydrogen-bond donors (Lipinski definition) is 2. The highest BCUT2D eigenvalue weighted by Crippen LogP contribution is 2.45. The largest absolute Gasteiger partial charge is 0.508 e. The normalized spacial score (nSPS) is 28.7. The number of rotatable bonds is 9. The van der Waals surface area contributed by atoms with Crippen LogP contribution in [0.4, 0.5) is 0 Å². The molecule has 1 heterocycles. The van der Waals surface area contributed by atoms with Gasteiger partial charge in [-0.1, -0.05) is 45.4 Å². The van der Waals surface area contributed by atoms with Crippen molar-refractivity contribution in [1.29, 1.82) is 0 Å². The van der Waals surface area contributed by atoms with Crippen molar-refractivity contribution in [3.05, 3.63) is 53.6 Å². The quantitative estimate of drug-likeness (QED) is 0.442. The Kier molecular flexibility index (Phi) is 8.65. The van der Waals surface area contributed by atoms with Crippen LogP contribution in [0.3, 0.4) is 0 Å². The number of phenolic OH excluding ortho intramolecular Hbond substituents is 1. The second-order valence-electron chi connectivity index (χ2n) is 10.9. The van der Waals surface area contributed by atoms with Crippen molar-refractivity contribution in [2.24, 2.45) is 29.6 Å². The third-order valence-electron chi connectivity index (χ3n) is 8.09. The monoisotopic (exact) mass is 512 g/mol. The van der Waals surface area contributed by atoms with Crippen LogP contribution in [0.25, 0.3) is 0 Å². The van der Waals surface area contributed by atoms with Crippen LogP contribution in [0.15, 0.2) is 42.5 Å². The van der Waals surface area contributed by atoms with Crippen molar-refractivity contribution in [1.82, 2.24) is 0 Å². The first-order valence-electron chi connectivity index (χ1n) is 13.3. The first-order chi connectivity index (χ1) is 17.7. The Hall–Kier alpha value is -2.77. The molecule has 0 radical (unpaired) electrons. The third-order valence-corrected chi connectivity index (χ3v) is 8.09. The molecule has 2 N–H and O–H groups in total. The molecule has 7 nitrogen and oxygen atoms in total. The Morgan fingerprint density at radius 2 is 1.73 bits per heavy atom. The highest BCUT2D eigenvalue weighted by Gasteiger charge is 2.51. The summed E-state index contributed by atoms with van der Waals surface area (Å²) < 4.78 is 23.3. The summed E-state index contributed by atoms with van der Waals surface area (Å²) in [6.45, 7) is 6.65. The zero-order valence-electron chi connectivity index (χ0n) is 22.4. The van der Waals surface area contributed by atoms with Gasteiger partial charge in [0.25, 0.3) is 0 Å². The van der Waals surface area contributed by atoms with Gasteiger partial charge in [-0.05, 0) is 72.4 Å². The van der Waals surface area contributed by atoms with Crippen molar-refractivity contribution in [3.8, 4) is 17.2 Å². The minimum Gasteiger partial charge on any atom is -0.508 e. The molecule has 1 aliphatic heterocycles. The van der Waals surface area contributed by atoms with Crippen LogP contribution >= 0.6 is 0 Å². The Morgan fingerprint density at radius 1 is 1.03 bits per heavy atom. The number of methoxy groups -OCH3 is 2. The van der Waals surface area contributed by atoms with Crippen molar-refractivity contribution in [2.45, 2.75) is 65.0 Å². The van der Waals surface area contributed by atoms with Gasteiger partial charge in [-0.3, -0.25) is 4.79 Å². The predicted octanol–water partition coefficient (Wildman–Crippen LogP) is 5.28. The van der Waals surface area contributed by atoms with E-state index in [0.29, 0.717) is 41.2 Å². The summed E-state index contributed by atoms with van der Waals surface area (Å²) in [5.74, 6) is 0.931. The number of carbonyl (C=O) groups is 1. The van der Waals surface area contributed by atoms with Crippen LogP contribution in [0.5, 0.6) is 17.2 Å². The van der Waals surface area contributed by atoms with Crippen molar-refractivity contribution in [3.63, 3.8) is 0 Å². The van der Waals surface area contributed by atoms with Gasteiger partial charge in [0.2, 0.25) is 6.29 Å². The molecule has 202 valence electrons. The third kappa shape index (κ3) is 6.04. The smallest absolute Gasteiger partial charge is 0.312 e. The predicted molar refractivity (Wildman–Crippen MR) is 139 cm³/mol. The fourth-order valence-electron chi connectivity index (χ4n) is 5.92. The number of benzene rings is 2. The molecule has 7 atom stereocenters. The minimum absolute atomic E-state index is 0.0472. The summed E-state index contributed by atoms with van der Waals surface area (Å²) in [6.07, 6.45) is 1.56. The van der Waals surface area contributed by atoms with E-state index in [1.165, 1.54) is 0 Å². The van der Waals surface area contributed by atoms with E-state index in [0.717, 1.165) is 24.8 Å². The number of aliphatic hydroxyl groups excluding tert-OH is 1. The zero-order chi connectivity index (χ0) is 26.7. The first-order valence-corrected chi connectivity index (χ1v) is 13.3. The molecule has 0 amide bonds. The molecular formula is C30H40O7. The molecule has 4 unspecified atom stereocenters. The van der Waals surface area contributed by atoms with E-state index in [4.69, 9.17) is 18.9 Å². The standard InChI is InChI=1S/C30H40O7/c1-17(2)22-12-6-18(3)14-25(22)36-30-27(28(32)20-9-13-24(34-4)26(16-20)35-5)23(29(33)37-30)15-19-7-10-21(31)11-8-19/h7-11,13,16-18,22-23,25,27-28,30-32H,6,12,14-15H2,1-5H3/t18?,22?,23-,25?,27+,28?,30-/m1/s1. The average Bonchev–Trinajstić information content (AvgIpc) is 3.18. The SMILES string of the molecule is COc1ccc(C(O)[C@H]2[C@H](OC3CC(C)CCC3C(C)C)OC(=O)[C@@H]2Cc2ccc(O)cc2)cc1OC. The van der Waals surface area contributed by atoms with Gasteiger partial charge >= 0.3 is 5.97 Å². The number of aromatic hydroxyl groups is 1.